The molecule has 0 fully saturated rings. The Morgan fingerprint density at radius 2 is 1.97 bits per heavy atom. The van der Waals surface area contributed by atoms with Gasteiger partial charge >= 0.3 is 0 Å². The van der Waals surface area contributed by atoms with Gasteiger partial charge in [-0.2, -0.15) is 0 Å². The molecule has 0 radical (unpaired) electrons. The predicted octanol–water partition coefficient (Wildman–Crippen LogP) is 2.34. The molecule has 1 aromatic carbocycles. The van der Waals surface area contributed by atoms with Crippen LogP contribution < -0.4 is 15.7 Å². The van der Waals surface area contributed by atoms with Gasteiger partial charge in [-0.3, -0.25) is 15.0 Å². The largest absolute Gasteiger partial charge is 0.280 e. The van der Waals surface area contributed by atoms with Crippen molar-refractivity contribution in [3.8, 4) is 0 Å². The summed E-state index contributed by atoms with van der Waals surface area (Å²) in [6, 6.07) is 6.99. The SMILES string of the molecule is CCc1cc2c(=O)n(NC(=O)CCNS(=O)(=O)c3ccc4c(c3)CCCC4)cnc2s1. The van der Waals surface area contributed by atoms with Crippen molar-refractivity contribution in [2.75, 3.05) is 12.0 Å². The summed E-state index contributed by atoms with van der Waals surface area (Å²) < 4.78 is 28.7. The minimum absolute atomic E-state index is 0.0753. The fourth-order valence-electron chi connectivity index (χ4n) is 3.68. The first-order valence-corrected chi connectivity index (χ1v) is 12.6. The minimum Gasteiger partial charge on any atom is -0.273 e. The van der Waals surface area contributed by atoms with Crippen molar-refractivity contribution in [3.05, 3.63) is 57.0 Å². The van der Waals surface area contributed by atoms with Crippen LogP contribution in [0.5, 0.6) is 0 Å². The van der Waals surface area contributed by atoms with E-state index < -0.39 is 15.9 Å². The third-order valence-electron chi connectivity index (χ3n) is 5.37. The summed E-state index contributed by atoms with van der Waals surface area (Å²) in [7, 11) is -3.71. The lowest BCUT2D eigenvalue weighted by Gasteiger charge is -2.16. The van der Waals surface area contributed by atoms with Gasteiger partial charge in [0.25, 0.3) is 5.56 Å². The lowest BCUT2D eigenvalue weighted by atomic mass is 9.92. The molecule has 4 rings (SSSR count). The van der Waals surface area contributed by atoms with Crippen LogP contribution in [0.15, 0.2) is 40.3 Å². The van der Waals surface area contributed by atoms with Crippen LogP contribution in [0, 0.1) is 0 Å². The minimum atomic E-state index is -3.71. The number of benzene rings is 1. The van der Waals surface area contributed by atoms with Crippen molar-refractivity contribution >= 4 is 37.5 Å². The third kappa shape index (κ3) is 4.70. The number of aromatic nitrogens is 2. The van der Waals surface area contributed by atoms with E-state index in [1.807, 2.05) is 13.0 Å². The zero-order chi connectivity index (χ0) is 22.0. The van der Waals surface area contributed by atoms with Crippen LogP contribution in [0.1, 0.15) is 42.2 Å². The molecular formula is C21H24N4O4S2. The predicted molar refractivity (Wildman–Crippen MR) is 121 cm³/mol. The summed E-state index contributed by atoms with van der Waals surface area (Å²) in [5.74, 6) is -0.484. The van der Waals surface area contributed by atoms with E-state index in [1.54, 1.807) is 18.2 Å². The highest BCUT2D eigenvalue weighted by atomic mass is 32.2. The van der Waals surface area contributed by atoms with E-state index in [2.05, 4.69) is 15.1 Å². The number of fused-ring (bicyclic) bond motifs is 2. The normalized spacial score (nSPS) is 13.8. The van der Waals surface area contributed by atoms with E-state index in [1.165, 1.54) is 23.2 Å². The third-order valence-corrected chi connectivity index (χ3v) is 8.02. The molecule has 0 aliphatic heterocycles. The summed E-state index contributed by atoms with van der Waals surface area (Å²) in [6.45, 7) is 1.92. The quantitative estimate of drug-likeness (QED) is 0.562. The zero-order valence-electron chi connectivity index (χ0n) is 17.2. The number of nitrogens with zero attached hydrogens (tertiary/aromatic N) is 2. The maximum absolute atomic E-state index is 12.6. The van der Waals surface area contributed by atoms with E-state index in [0.717, 1.165) is 47.2 Å². The number of thiophene rings is 1. The molecule has 10 heteroatoms. The Morgan fingerprint density at radius 1 is 1.19 bits per heavy atom. The van der Waals surface area contributed by atoms with Gasteiger partial charge < -0.3 is 0 Å². The number of aryl methyl sites for hydroxylation is 3. The van der Waals surface area contributed by atoms with Crippen LogP contribution in [0.4, 0.5) is 0 Å². The number of hydrogen-bond acceptors (Lipinski definition) is 6. The number of hydrogen-bond donors (Lipinski definition) is 2. The molecule has 0 spiro atoms. The smallest absolute Gasteiger partial charge is 0.273 e. The molecule has 1 aliphatic rings. The van der Waals surface area contributed by atoms with E-state index in [0.29, 0.717) is 10.2 Å². The first-order valence-electron chi connectivity index (χ1n) is 10.3. The number of nitrogens with one attached hydrogen (secondary N) is 2. The maximum Gasteiger partial charge on any atom is 0.280 e. The van der Waals surface area contributed by atoms with E-state index >= 15 is 0 Å². The molecule has 2 N–H and O–H groups in total. The summed E-state index contributed by atoms with van der Waals surface area (Å²) in [5.41, 5.74) is 4.40. The lowest BCUT2D eigenvalue weighted by molar-refractivity contribution is -0.117. The molecule has 3 aromatic rings. The number of carbonyl (C=O) groups excluding carboxylic acids is 1. The molecule has 0 saturated carbocycles. The second-order valence-corrected chi connectivity index (χ2v) is 10.4. The topological polar surface area (TPSA) is 110 Å². The summed E-state index contributed by atoms with van der Waals surface area (Å²) in [6.07, 6.45) is 6.03. The van der Waals surface area contributed by atoms with E-state index in [9.17, 15) is 18.0 Å². The zero-order valence-corrected chi connectivity index (χ0v) is 18.8. The van der Waals surface area contributed by atoms with Gasteiger partial charge in [-0.05, 0) is 61.4 Å². The van der Waals surface area contributed by atoms with E-state index in [4.69, 9.17) is 0 Å². The van der Waals surface area contributed by atoms with Crippen LogP contribution >= 0.6 is 11.3 Å². The van der Waals surface area contributed by atoms with Crippen LogP contribution in [0.2, 0.25) is 0 Å². The van der Waals surface area contributed by atoms with Crippen LogP contribution in [-0.2, 0) is 34.1 Å². The fraction of sp³-hybridized carbons (Fsp3) is 0.381. The average molecular weight is 461 g/mol. The van der Waals surface area contributed by atoms with Crippen LogP contribution in [0.25, 0.3) is 10.2 Å². The van der Waals surface area contributed by atoms with Gasteiger partial charge in [0.2, 0.25) is 15.9 Å². The Labute approximate surface area is 184 Å². The van der Waals surface area contributed by atoms with Crippen molar-refractivity contribution in [1.29, 1.82) is 0 Å². The Kier molecular flexibility index (Phi) is 6.22. The van der Waals surface area contributed by atoms with Crippen molar-refractivity contribution in [3.63, 3.8) is 0 Å². The molecule has 8 nitrogen and oxygen atoms in total. The first-order chi connectivity index (χ1) is 14.9. The maximum atomic E-state index is 12.6. The molecular weight excluding hydrogens is 436 g/mol. The Hall–Kier alpha value is -2.56. The van der Waals surface area contributed by atoms with Gasteiger partial charge in [-0.25, -0.2) is 22.8 Å². The number of carbonyl (C=O) groups is 1. The Morgan fingerprint density at radius 3 is 2.74 bits per heavy atom. The van der Waals surface area contributed by atoms with Crippen LogP contribution in [0.3, 0.4) is 0 Å². The summed E-state index contributed by atoms with van der Waals surface area (Å²) in [4.78, 5) is 30.9. The molecule has 0 unspecified atom stereocenters. The molecule has 1 amide bonds. The summed E-state index contributed by atoms with van der Waals surface area (Å²) in [5, 5.41) is 0.456. The van der Waals surface area contributed by atoms with Crippen molar-refractivity contribution in [2.45, 2.75) is 50.3 Å². The molecule has 2 aromatic heterocycles. The standard InChI is InChI=1S/C21H24N4O4S2/c1-2-16-12-18-20(30-16)22-13-25(21(18)27)24-19(26)9-10-23-31(28,29)17-8-7-14-5-3-4-6-15(14)11-17/h7-8,11-13,23H,2-6,9-10H2,1H3,(H,24,26). The molecule has 0 atom stereocenters. The number of amides is 1. The highest BCUT2D eigenvalue weighted by Gasteiger charge is 2.18. The molecule has 2 heterocycles. The number of sulfonamides is 1. The molecule has 0 saturated heterocycles. The average Bonchev–Trinajstić information content (AvgIpc) is 3.19. The highest BCUT2D eigenvalue weighted by molar-refractivity contribution is 7.89. The Bertz CT molecular complexity index is 1290. The second-order valence-electron chi connectivity index (χ2n) is 7.53. The highest BCUT2D eigenvalue weighted by Crippen LogP contribution is 2.24. The van der Waals surface area contributed by atoms with Gasteiger partial charge in [0.05, 0.1) is 10.3 Å². The monoisotopic (exact) mass is 460 g/mol. The second kappa shape index (κ2) is 8.89. The molecule has 164 valence electrons. The summed E-state index contributed by atoms with van der Waals surface area (Å²) >= 11 is 1.45. The molecule has 1 aliphatic carbocycles. The molecule has 0 bridgehead atoms. The fourth-order valence-corrected chi connectivity index (χ4v) is 5.68. The first kappa shape index (κ1) is 21.7. The van der Waals surface area contributed by atoms with Crippen molar-refractivity contribution in [1.82, 2.24) is 14.4 Å². The lowest BCUT2D eigenvalue weighted by Crippen LogP contribution is -2.35. The van der Waals surface area contributed by atoms with Crippen molar-refractivity contribution < 1.29 is 13.2 Å². The van der Waals surface area contributed by atoms with Gasteiger partial charge in [-0.15, -0.1) is 11.3 Å². The van der Waals surface area contributed by atoms with Gasteiger partial charge in [0, 0.05) is 17.8 Å². The van der Waals surface area contributed by atoms with Crippen LogP contribution in [-0.4, -0.2) is 30.5 Å². The van der Waals surface area contributed by atoms with Gasteiger partial charge in [0.15, 0.2) is 0 Å². The van der Waals surface area contributed by atoms with Crippen molar-refractivity contribution in [2.24, 2.45) is 0 Å². The molecule has 31 heavy (non-hydrogen) atoms. The van der Waals surface area contributed by atoms with E-state index in [-0.39, 0.29) is 23.4 Å². The Balaban J connectivity index is 1.37. The van der Waals surface area contributed by atoms with Gasteiger partial charge in [-0.1, -0.05) is 13.0 Å². The van der Waals surface area contributed by atoms with Gasteiger partial charge in [0.1, 0.15) is 11.2 Å². The number of rotatable bonds is 7.